The molecule has 1 aromatic heterocycles. The van der Waals surface area contributed by atoms with Gasteiger partial charge < -0.3 is 10.0 Å². The molecule has 23 heavy (non-hydrogen) atoms. The number of carbonyl (C=O) groups is 2. The average Bonchev–Trinajstić information content (AvgIpc) is 2.75. The summed E-state index contributed by atoms with van der Waals surface area (Å²) in [6.45, 7) is 3.79. The molecule has 7 heteroatoms. The molecular weight excluding hydrogens is 298 g/mol. The van der Waals surface area contributed by atoms with Crippen molar-refractivity contribution in [1.82, 2.24) is 14.0 Å². The fourth-order valence-electron chi connectivity index (χ4n) is 2.84. The van der Waals surface area contributed by atoms with Gasteiger partial charge in [-0.25, -0.2) is 9.59 Å². The third kappa shape index (κ3) is 2.74. The van der Waals surface area contributed by atoms with Gasteiger partial charge in [0, 0.05) is 26.2 Å². The summed E-state index contributed by atoms with van der Waals surface area (Å²) in [6, 6.07) is 4.11. The Balaban J connectivity index is 2.50. The molecule has 7 nitrogen and oxygen atoms in total. The van der Waals surface area contributed by atoms with Crippen molar-refractivity contribution >= 4 is 22.9 Å². The molecule has 1 heterocycles. The van der Waals surface area contributed by atoms with Gasteiger partial charge in [-0.05, 0) is 31.5 Å². The van der Waals surface area contributed by atoms with Crippen LogP contribution in [0.15, 0.2) is 23.0 Å². The Morgan fingerprint density at radius 1 is 1.17 bits per heavy atom. The Kier molecular flexibility index (Phi) is 4.58. The predicted octanol–water partition coefficient (Wildman–Crippen LogP) is 1.20. The molecule has 0 saturated heterocycles. The van der Waals surface area contributed by atoms with E-state index in [1.165, 1.54) is 14.0 Å². The lowest BCUT2D eigenvalue weighted by Gasteiger charge is -2.27. The topological polar surface area (TPSA) is 84.5 Å². The summed E-state index contributed by atoms with van der Waals surface area (Å²) in [5.41, 5.74) is 1.57. The van der Waals surface area contributed by atoms with Crippen molar-refractivity contribution in [2.45, 2.75) is 26.3 Å². The number of rotatable bonds is 5. The van der Waals surface area contributed by atoms with Gasteiger partial charge in [0.25, 0.3) is 5.91 Å². The monoisotopic (exact) mass is 319 g/mol. The Morgan fingerprint density at radius 3 is 2.30 bits per heavy atom. The zero-order valence-corrected chi connectivity index (χ0v) is 13.7. The number of nitrogens with zero attached hydrogens (tertiary/aromatic N) is 3. The normalized spacial score (nSPS) is 12.3. The van der Waals surface area contributed by atoms with Crippen LogP contribution < -0.4 is 5.69 Å². The number of aromatic nitrogens is 2. The van der Waals surface area contributed by atoms with E-state index in [1.807, 2.05) is 0 Å². The number of hydrogen-bond acceptors (Lipinski definition) is 3. The second-order valence-electron chi connectivity index (χ2n) is 5.46. The van der Waals surface area contributed by atoms with Gasteiger partial charge >= 0.3 is 11.7 Å². The summed E-state index contributed by atoms with van der Waals surface area (Å²) in [7, 11) is 3.31. The molecule has 1 unspecified atom stereocenters. The van der Waals surface area contributed by atoms with Gasteiger partial charge in [-0.15, -0.1) is 0 Å². The second kappa shape index (κ2) is 6.28. The maximum absolute atomic E-state index is 12.7. The quantitative estimate of drug-likeness (QED) is 0.897. The molecule has 0 spiro atoms. The molecule has 0 aliphatic rings. The first-order valence-electron chi connectivity index (χ1n) is 7.52. The van der Waals surface area contributed by atoms with Gasteiger partial charge in [-0.1, -0.05) is 6.92 Å². The van der Waals surface area contributed by atoms with Crippen molar-refractivity contribution in [2.75, 3.05) is 6.54 Å². The molecule has 0 aliphatic heterocycles. The Hall–Kier alpha value is -2.57. The summed E-state index contributed by atoms with van der Waals surface area (Å²) in [5, 5.41) is 9.28. The van der Waals surface area contributed by atoms with Crippen LogP contribution in [0, 0.1) is 0 Å². The fraction of sp³-hybridized carbons (Fsp3) is 0.438. The Morgan fingerprint density at radius 2 is 1.78 bits per heavy atom. The largest absolute Gasteiger partial charge is 0.480 e. The number of likely N-dealkylation sites (N-methyl/N-ethyl adjacent to an activating group) is 1. The molecule has 2 aromatic rings. The van der Waals surface area contributed by atoms with Gasteiger partial charge in [-0.2, -0.15) is 0 Å². The number of fused-ring (bicyclic) bond motifs is 1. The lowest BCUT2D eigenvalue weighted by atomic mass is 10.1. The van der Waals surface area contributed by atoms with Crippen LogP contribution in [0.3, 0.4) is 0 Å². The number of aryl methyl sites for hydroxylation is 2. The van der Waals surface area contributed by atoms with Crippen molar-refractivity contribution in [3.63, 3.8) is 0 Å². The predicted molar refractivity (Wildman–Crippen MR) is 86.6 cm³/mol. The van der Waals surface area contributed by atoms with Gasteiger partial charge in [0.05, 0.1) is 11.0 Å². The molecule has 124 valence electrons. The van der Waals surface area contributed by atoms with E-state index in [0.717, 1.165) is 5.52 Å². The highest BCUT2D eigenvalue weighted by molar-refractivity contribution is 5.99. The number of hydrogen-bond donors (Lipinski definition) is 1. The first kappa shape index (κ1) is 16.8. The van der Waals surface area contributed by atoms with E-state index < -0.39 is 12.0 Å². The van der Waals surface area contributed by atoms with Crippen molar-refractivity contribution in [2.24, 2.45) is 14.1 Å². The third-order valence-corrected chi connectivity index (χ3v) is 4.17. The summed E-state index contributed by atoms with van der Waals surface area (Å²) in [4.78, 5) is 37.3. The maximum atomic E-state index is 12.7. The highest BCUT2D eigenvalue weighted by Crippen LogP contribution is 2.17. The van der Waals surface area contributed by atoms with Crippen LogP contribution in [0.5, 0.6) is 0 Å². The minimum atomic E-state index is -1.02. The second-order valence-corrected chi connectivity index (χ2v) is 5.46. The number of carbonyl (C=O) groups excluding carboxylic acids is 1. The average molecular weight is 319 g/mol. The number of amides is 1. The molecule has 0 bridgehead atoms. The smallest absolute Gasteiger partial charge is 0.328 e. The first-order chi connectivity index (χ1) is 10.8. The van der Waals surface area contributed by atoms with Crippen LogP contribution in [0.25, 0.3) is 11.0 Å². The highest BCUT2D eigenvalue weighted by Gasteiger charge is 2.28. The van der Waals surface area contributed by atoms with E-state index >= 15 is 0 Å². The lowest BCUT2D eigenvalue weighted by molar-refractivity contribution is -0.142. The van der Waals surface area contributed by atoms with E-state index in [9.17, 15) is 19.5 Å². The zero-order chi connectivity index (χ0) is 17.3. The van der Waals surface area contributed by atoms with Crippen LogP contribution in [0.4, 0.5) is 0 Å². The minimum absolute atomic E-state index is 0.172. The van der Waals surface area contributed by atoms with Crippen LogP contribution in [-0.4, -0.2) is 43.6 Å². The van der Waals surface area contributed by atoms with E-state index in [-0.39, 0.29) is 11.6 Å². The van der Waals surface area contributed by atoms with Crippen molar-refractivity contribution in [1.29, 1.82) is 0 Å². The number of benzene rings is 1. The minimum Gasteiger partial charge on any atom is -0.480 e. The Bertz CT molecular complexity index is 819. The molecule has 0 aliphatic carbocycles. The summed E-state index contributed by atoms with van der Waals surface area (Å²) < 4.78 is 2.98. The molecule has 0 radical (unpaired) electrons. The lowest BCUT2D eigenvalue weighted by Crippen LogP contribution is -2.44. The molecule has 1 N–H and O–H groups in total. The standard InChI is InChI=1S/C16H21N3O4/c1-5-11(15(21)22)19(6-2)14(20)10-7-8-12-13(9-10)18(4)16(23)17(12)3/h7-9,11H,5-6H2,1-4H3,(H,21,22). The van der Waals surface area contributed by atoms with E-state index in [2.05, 4.69) is 0 Å². The summed E-state index contributed by atoms with van der Waals surface area (Å²) >= 11 is 0. The molecule has 1 aromatic carbocycles. The van der Waals surface area contributed by atoms with E-state index in [1.54, 1.807) is 46.1 Å². The molecule has 1 atom stereocenters. The van der Waals surface area contributed by atoms with E-state index in [4.69, 9.17) is 0 Å². The van der Waals surface area contributed by atoms with Crippen molar-refractivity contribution in [3.8, 4) is 0 Å². The summed E-state index contributed by atoms with van der Waals surface area (Å²) in [5.74, 6) is -1.36. The van der Waals surface area contributed by atoms with Gasteiger partial charge in [0.2, 0.25) is 0 Å². The molecule has 2 rings (SSSR count). The van der Waals surface area contributed by atoms with Crippen molar-refractivity contribution < 1.29 is 14.7 Å². The van der Waals surface area contributed by atoms with Crippen LogP contribution in [0.2, 0.25) is 0 Å². The van der Waals surface area contributed by atoms with Crippen LogP contribution >= 0.6 is 0 Å². The SMILES string of the molecule is CCC(C(=O)O)N(CC)C(=O)c1ccc2c(c1)n(C)c(=O)n2C. The van der Waals surface area contributed by atoms with Crippen molar-refractivity contribution in [3.05, 3.63) is 34.2 Å². The fourth-order valence-corrected chi connectivity index (χ4v) is 2.84. The number of carboxylic acid groups (broad SMARTS) is 1. The van der Waals surface area contributed by atoms with Gasteiger partial charge in [0.1, 0.15) is 6.04 Å². The first-order valence-corrected chi connectivity index (χ1v) is 7.52. The Labute approximate surface area is 133 Å². The number of carboxylic acids is 1. The third-order valence-electron chi connectivity index (χ3n) is 4.17. The van der Waals surface area contributed by atoms with Gasteiger partial charge in [0.15, 0.2) is 0 Å². The number of aliphatic carboxylic acids is 1. The number of imidazole rings is 1. The molecule has 1 amide bonds. The highest BCUT2D eigenvalue weighted by atomic mass is 16.4. The molecular formula is C16H21N3O4. The van der Waals surface area contributed by atoms with Crippen LogP contribution in [0.1, 0.15) is 30.6 Å². The van der Waals surface area contributed by atoms with Gasteiger partial charge in [-0.3, -0.25) is 13.9 Å². The molecule has 0 fully saturated rings. The van der Waals surface area contributed by atoms with Crippen LogP contribution in [-0.2, 0) is 18.9 Å². The molecule has 0 saturated carbocycles. The maximum Gasteiger partial charge on any atom is 0.328 e. The zero-order valence-electron chi connectivity index (χ0n) is 13.7. The summed E-state index contributed by atoms with van der Waals surface area (Å²) in [6.07, 6.45) is 0.334. The van der Waals surface area contributed by atoms with E-state index in [0.29, 0.717) is 24.0 Å².